The number of hydrogen-bond donors (Lipinski definition) is 2. The number of nitrogens with zero attached hydrogens (tertiary/aromatic N) is 1. The number of nitrogens with one attached hydrogen (secondary N) is 2. The molecule has 0 aromatic heterocycles. The third-order valence-electron chi connectivity index (χ3n) is 3.23. The first-order chi connectivity index (χ1) is 11.9. The van der Waals surface area contributed by atoms with Crippen LogP contribution in [0.4, 0.5) is 9.59 Å². The van der Waals surface area contributed by atoms with E-state index in [0.29, 0.717) is 25.9 Å². The number of imide groups is 1. The van der Waals surface area contributed by atoms with Crippen LogP contribution < -0.4 is 10.6 Å². The minimum Gasteiger partial charge on any atom is -0.444 e. The van der Waals surface area contributed by atoms with Gasteiger partial charge in [-0.3, -0.25) is 4.79 Å². The minimum absolute atomic E-state index is 0.232. The van der Waals surface area contributed by atoms with Crippen LogP contribution in [-0.2, 0) is 9.53 Å². The molecule has 0 unspecified atom stereocenters. The highest BCUT2D eigenvalue weighted by atomic mass is 16.6. The topological polar surface area (TPSA) is 87.7 Å². The van der Waals surface area contributed by atoms with Crippen LogP contribution in [0.1, 0.15) is 67.7 Å². The highest BCUT2D eigenvalue weighted by Gasteiger charge is 2.22. The van der Waals surface area contributed by atoms with Crippen LogP contribution in [0.15, 0.2) is 12.8 Å². The lowest BCUT2D eigenvalue weighted by atomic mass is 9.89. The fraction of sp³-hybridized carbons (Fsp3) is 0.737. The van der Waals surface area contributed by atoms with Gasteiger partial charge in [0.05, 0.1) is 0 Å². The fourth-order valence-corrected chi connectivity index (χ4v) is 1.49. The first kappa shape index (κ1) is 26.2. The number of urea groups is 1. The summed E-state index contributed by atoms with van der Waals surface area (Å²) >= 11 is 0. The summed E-state index contributed by atoms with van der Waals surface area (Å²) in [6.45, 7) is 17.8. The monoisotopic (exact) mass is 371 g/mol. The molecule has 7 nitrogen and oxygen atoms in total. The van der Waals surface area contributed by atoms with Crippen molar-refractivity contribution in [2.45, 2.75) is 73.3 Å². The van der Waals surface area contributed by atoms with Crippen molar-refractivity contribution in [3.8, 4) is 0 Å². The average molecular weight is 372 g/mol. The van der Waals surface area contributed by atoms with Crippen molar-refractivity contribution < 1.29 is 19.1 Å². The Bertz CT molecular complexity index is 433. The Morgan fingerprint density at radius 3 is 2.00 bits per heavy atom. The van der Waals surface area contributed by atoms with Gasteiger partial charge in [-0.15, -0.1) is 0 Å². The molecule has 0 radical (unpaired) electrons. The Morgan fingerprint density at radius 2 is 1.62 bits per heavy atom. The second-order valence-corrected chi connectivity index (χ2v) is 7.70. The molecule has 0 aliphatic rings. The molecule has 0 bridgehead atoms. The van der Waals surface area contributed by atoms with Gasteiger partial charge in [-0.1, -0.05) is 47.1 Å². The molecule has 0 fully saturated rings. The van der Waals surface area contributed by atoms with Crippen LogP contribution in [0.2, 0.25) is 0 Å². The van der Waals surface area contributed by atoms with Crippen LogP contribution in [0.3, 0.4) is 0 Å². The third kappa shape index (κ3) is 15.5. The maximum absolute atomic E-state index is 11.6. The Kier molecular flexibility index (Phi) is 13.3. The smallest absolute Gasteiger partial charge is 0.407 e. The lowest BCUT2D eigenvalue weighted by Crippen LogP contribution is -2.41. The summed E-state index contributed by atoms with van der Waals surface area (Å²) in [5.41, 5.74) is -0.768. The van der Waals surface area contributed by atoms with E-state index >= 15 is 0 Å². The molecular formula is C19H37N3O4. The Balaban J connectivity index is 0. The van der Waals surface area contributed by atoms with Crippen molar-refractivity contribution in [2.75, 3.05) is 13.1 Å². The van der Waals surface area contributed by atoms with Gasteiger partial charge in [-0.25, -0.2) is 14.5 Å². The van der Waals surface area contributed by atoms with Gasteiger partial charge in [-0.2, -0.15) is 0 Å². The average Bonchev–Trinajstić information content (AvgIpc) is 2.53. The van der Waals surface area contributed by atoms with Gasteiger partial charge >= 0.3 is 12.1 Å². The molecule has 0 rings (SSSR count). The lowest BCUT2D eigenvalue weighted by Gasteiger charge is -2.27. The second kappa shape index (κ2) is 13.2. The highest BCUT2D eigenvalue weighted by molar-refractivity contribution is 5.85. The zero-order valence-electron chi connectivity index (χ0n) is 17.5. The summed E-state index contributed by atoms with van der Waals surface area (Å²) < 4.78 is 5.16. The zero-order valence-corrected chi connectivity index (χ0v) is 17.5. The van der Waals surface area contributed by atoms with E-state index < -0.39 is 17.7 Å². The van der Waals surface area contributed by atoms with E-state index in [1.165, 1.54) is 12.8 Å². The Morgan fingerprint density at radius 1 is 1.08 bits per heavy atom. The molecule has 7 heteroatoms. The fourth-order valence-electron chi connectivity index (χ4n) is 1.49. The molecular weight excluding hydrogens is 334 g/mol. The van der Waals surface area contributed by atoms with E-state index in [4.69, 9.17) is 4.74 Å². The van der Waals surface area contributed by atoms with Gasteiger partial charge in [-0.05, 0) is 32.6 Å². The molecule has 0 aliphatic heterocycles. The van der Waals surface area contributed by atoms with Crippen molar-refractivity contribution in [1.82, 2.24) is 15.5 Å². The van der Waals surface area contributed by atoms with E-state index in [-0.39, 0.29) is 5.41 Å². The summed E-state index contributed by atoms with van der Waals surface area (Å²) in [5.74, 6) is 0. The van der Waals surface area contributed by atoms with Crippen LogP contribution >= 0.6 is 0 Å². The van der Waals surface area contributed by atoms with Gasteiger partial charge in [0, 0.05) is 19.3 Å². The molecule has 0 heterocycles. The predicted octanol–water partition coefficient (Wildman–Crippen LogP) is 4.05. The first-order valence-electron chi connectivity index (χ1n) is 9.03. The standard InChI is InChI=1S/C15H27N3O4.C4H10/c1-7-18(11-19)12(20)16-9-8-15(5,6)10-17-13(21)22-14(2,3)4;1-3-4-2/h7,11H,1,8-10H2,2-6H3,(H,16,20)(H,17,21);3-4H2,1-2H3. The number of unbranched alkanes of at least 4 members (excludes halogenated alkanes) is 1. The van der Waals surface area contributed by atoms with Gasteiger partial charge in [0.2, 0.25) is 6.41 Å². The van der Waals surface area contributed by atoms with Crippen molar-refractivity contribution in [1.29, 1.82) is 0 Å². The molecule has 0 aromatic rings. The van der Waals surface area contributed by atoms with Crippen molar-refractivity contribution in [3.05, 3.63) is 12.8 Å². The maximum atomic E-state index is 11.6. The number of hydrogen-bond acceptors (Lipinski definition) is 4. The summed E-state index contributed by atoms with van der Waals surface area (Å²) in [5, 5.41) is 5.31. The van der Waals surface area contributed by atoms with Crippen LogP contribution in [-0.4, -0.2) is 42.1 Å². The number of rotatable bonds is 8. The van der Waals surface area contributed by atoms with Crippen molar-refractivity contribution in [2.24, 2.45) is 5.41 Å². The van der Waals surface area contributed by atoms with Crippen LogP contribution in [0.5, 0.6) is 0 Å². The molecule has 0 saturated heterocycles. The largest absolute Gasteiger partial charge is 0.444 e. The molecule has 0 aromatic carbocycles. The van der Waals surface area contributed by atoms with Gasteiger partial charge in [0.15, 0.2) is 0 Å². The quantitative estimate of drug-likeness (QED) is 0.630. The van der Waals surface area contributed by atoms with E-state index in [1.807, 2.05) is 13.8 Å². The number of carbonyl (C=O) groups is 3. The third-order valence-corrected chi connectivity index (χ3v) is 3.23. The van der Waals surface area contributed by atoms with Crippen LogP contribution in [0.25, 0.3) is 0 Å². The Labute approximate surface area is 158 Å². The van der Waals surface area contributed by atoms with Gasteiger partial charge in [0.25, 0.3) is 0 Å². The van der Waals surface area contributed by atoms with Crippen molar-refractivity contribution in [3.63, 3.8) is 0 Å². The first-order valence-corrected chi connectivity index (χ1v) is 9.03. The number of amides is 4. The van der Waals surface area contributed by atoms with Crippen LogP contribution in [0, 0.1) is 5.41 Å². The number of carbonyl (C=O) groups excluding carboxylic acids is 3. The molecule has 26 heavy (non-hydrogen) atoms. The minimum atomic E-state index is -0.537. The molecule has 0 aliphatic carbocycles. The zero-order chi connectivity index (χ0) is 20.8. The normalized spacial score (nSPS) is 10.7. The van der Waals surface area contributed by atoms with E-state index in [1.54, 1.807) is 20.8 Å². The predicted molar refractivity (Wildman–Crippen MR) is 105 cm³/mol. The second-order valence-electron chi connectivity index (χ2n) is 7.70. The van der Waals surface area contributed by atoms with E-state index in [9.17, 15) is 14.4 Å². The van der Waals surface area contributed by atoms with E-state index in [2.05, 4.69) is 31.1 Å². The van der Waals surface area contributed by atoms with Crippen molar-refractivity contribution >= 4 is 18.5 Å². The molecule has 152 valence electrons. The maximum Gasteiger partial charge on any atom is 0.407 e. The Hall–Kier alpha value is -2.05. The molecule has 0 saturated carbocycles. The lowest BCUT2D eigenvalue weighted by molar-refractivity contribution is -0.113. The highest BCUT2D eigenvalue weighted by Crippen LogP contribution is 2.18. The molecule has 0 spiro atoms. The SMILES string of the molecule is C=CN(C=O)C(=O)NCCC(C)(C)CNC(=O)OC(C)(C)C.CCCC. The number of ether oxygens (including phenoxy) is 1. The summed E-state index contributed by atoms with van der Waals surface area (Å²) in [6, 6.07) is -0.527. The number of alkyl carbamates (subject to hydrolysis) is 1. The molecule has 0 atom stereocenters. The van der Waals surface area contributed by atoms with Gasteiger partial charge in [0.1, 0.15) is 5.60 Å². The summed E-state index contributed by atoms with van der Waals surface area (Å²) in [6.07, 6.45) is 4.32. The summed E-state index contributed by atoms with van der Waals surface area (Å²) in [4.78, 5) is 34.5. The van der Waals surface area contributed by atoms with Gasteiger partial charge < -0.3 is 15.4 Å². The molecule has 2 N–H and O–H groups in total. The summed E-state index contributed by atoms with van der Waals surface area (Å²) in [7, 11) is 0. The van der Waals surface area contributed by atoms with E-state index in [0.717, 1.165) is 11.1 Å². The molecule has 4 amide bonds.